The first kappa shape index (κ1) is 14.7. The van der Waals surface area contributed by atoms with Gasteiger partial charge in [-0.3, -0.25) is 4.79 Å². The summed E-state index contributed by atoms with van der Waals surface area (Å²) in [5.41, 5.74) is -0.915. The maximum atomic E-state index is 13.6. The van der Waals surface area contributed by atoms with Crippen LogP contribution in [0.3, 0.4) is 0 Å². The summed E-state index contributed by atoms with van der Waals surface area (Å²) < 4.78 is 57.7. The van der Waals surface area contributed by atoms with Gasteiger partial charge in [0.15, 0.2) is 23.3 Å². The van der Waals surface area contributed by atoms with Crippen molar-refractivity contribution in [2.45, 2.75) is 6.04 Å². The second-order valence-corrected chi connectivity index (χ2v) is 4.26. The zero-order chi connectivity index (χ0) is 14.9. The number of carbonyl (C=O) groups excluding carboxylic acids is 1. The minimum atomic E-state index is -2.04. The molecule has 0 aromatic heterocycles. The molecule has 1 aliphatic heterocycles. The molecule has 0 radical (unpaired) electrons. The maximum Gasteiger partial charge on any atom is 0.257 e. The van der Waals surface area contributed by atoms with Gasteiger partial charge in [-0.25, -0.2) is 17.6 Å². The molecule has 1 heterocycles. The maximum absolute atomic E-state index is 13.6. The monoisotopic (exact) mass is 293 g/mol. The largest absolute Gasteiger partial charge is 0.394 e. The second-order valence-electron chi connectivity index (χ2n) is 4.26. The van der Waals surface area contributed by atoms with E-state index in [-0.39, 0.29) is 19.8 Å². The average Bonchev–Trinajstić information content (AvgIpc) is 2.48. The van der Waals surface area contributed by atoms with Gasteiger partial charge in [0.1, 0.15) is 0 Å². The van der Waals surface area contributed by atoms with Crippen LogP contribution in [0.5, 0.6) is 0 Å². The van der Waals surface area contributed by atoms with Crippen molar-refractivity contribution in [1.29, 1.82) is 0 Å². The number of aliphatic hydroxyl groups excluding tert-OH is 1. The summed E-state index contributed by atoms with van der Waals surface area (Å²) in [7, 11) is 0. The predicted molar refractivity (Wildman–Crippen MR) is 59.0 cm³/mol. The van der Waals surface area contributed by atoms with Crippen LogP contribution in [0.1, 0.15) is 10.4 Å². The molecule has 110 valence electrons. The van der Waals surface area contributed by atoms with Gasteiger partial charge in [-0.05, 0) is 6.07 Å². The normalized spacial score (nSPS) is 19.2. The van der Waals surface area contributed by atoms with E-state index in [1.807, 2.05) is 0 Å². The number of halogens is 4. The third-order valence-corrected chi connectivity index (χ3v) is 3.03. The number of nitrogens with zero attached hydrogens (tertiary/aromatic N) is 1. The fourth-order valence-electron chi connectivity index (χ4n) is 1.96. The van der Waals surface area contributed by atoms with Gasteiger partial charge in [0, 0.05) is 6.54 Å². The molecule has 4 nitrogen and oxygen atoms in total. The van der Waals surface area contributed by atoms with Crippen molar-refractivity contribution >= 4 is 5.91 Å². The Labute approximate surface area is 111 Å². The van der Waals surface area contributed by atoms with Crippen LogP contribution in [0.2, 0.25) is 0 Å². The number of ether oxygens (including phenoxy) is 1. The minimum absolute atomic E-state index is 0.0238. The number of benzene rings is 1. The lowest BCUT2D eigenvalue weighted by molar-refractivity contribution is -0.0186. The lowest BCUT2D eigenvalue weighted by Crippen LogP contribution is -2.50. The second kappa shape index (κ2) is 5.76. The number of aliphatic hydroxyl groups is 1. The van der Waals surface area contributed by atoms with Crippen molar-refractivity contribution in [1.82, 2.24) is 4.90 Å². The third-order valence-electron chi connectivity index (χ3n) is 3.03. The number of morpholine rings is 1. The lowest BCUT2D eigenvalue weighted by Gasteiger charge is -2.34. The Morgan fingerprint density at radius 1 is 1.30 bits per heavy atom. The van der Waals surface area contributed by atoms with Crippen molar-refractivity contribution < 1.29 is 32.2 Å². The van der Waals surface area contributed by atoms with Crippen LogP contribution in [-0.2, 0) is 4.74 Å². The molecular formula is C12H11F4NO3. The van der Waals surface area contributed by atoms with E-state index in [9.17, 15) is 22.4 Å². The van der Waals surface area contributed by atoms with E-state index in [4.69, 9.17) is 9.84 Å². The van der Waals surface area contributed by atoms with E-state index in [1.54, 1.807) is 0 Å². The highest BCUT2D eigenvalue weighted by molar-refractivity contribution is 5.94. The van der Waals surface area contributed by atoms with Crippen LogP contribution < -0.4 is 0 Å². The topological polar surface area (TPSA) is 49.8 Å². The van der Waals surface area contributed by atoms with Gasteiger partial charge < -0.3 is 14.7 Å². The zero-order valence-corrected chi connectivity index (χ0v) is 10.2. The molecule has 1 atom stereocenters. The molecule has 1 aromatic rings. The third kappa shape index (κ3) is 2.48. The predicted octanol–water partition coefficient (Wildman–Crippen LogP) is 1.08. The summed E-state index contributed by atoms with van der Waals surface area (Å²) in [4.78, 5) is 13.1. The van der Waals surface area contributed by atoms with Crippen LogP contribution in [-0.4, -0.2) is 48.3 Å². The molecule has 1 fully saturated rings. The molecule has 0 bridgehead atoms. The lowest BCUT2D eigenvalue weighted by atomic mass is 10.1. The highest BCUT2D eigenvalue weighted by Crippen LogP contribution is 2.21. The van der Waals surface area contributed by atoms with Gasteiger partial charge in [0.05, 0.1) is 31.4 Å². The molecule has 1 saturated heterocycles. The van der Waals surface area contributed by atoms with Gasteiger partial charge in [0.25, 0.3) is 5.91 Å². The van der Waals surface area contributed by atoms with Gasteiger partial charge >= 0.3 is 0 Å². The van der Waals surface area contributed by atoms with E-state index in [0.717, 1.165) is 4.90 Å². The minimum Gasteiger partial charge on any atom is -0.394 e. The van der Waals surface area contributed by atoms with E-state index >= 15 is 0 Å². The summed E-state index contributed by atoms with van der Waals surface area (Å²) in [6, 6.07) is -0.438. The van der Waals surface area contributed by atoms with Crippen molar-refractivity contribution in [2.24, 2.45) is 0 Å². The molecular weight excluding hydrogens is 282 g/mol. The first-order chi connectivity index (χ1) is 9.47. The van der Waals surface area contributed by atoms with E-state index in [1.165, 1.54) is 0 Å². The molecule has 2 rings (SSSR count). The molecule has 0 saturated carbocycles. The van der Waals surface area contributed by atoms with Gasteiger partial charge in [-0.2, -0.15) is 0 Å². The number of hydrogen-bond acceptors (Lipinski definition) is 3. The zero-order valence-electron chi connectivity index (χ0n) is 10.2. The fourth-order valence-corrected chi connectivity index (χ4v) is 1.96. The molecule has 20 heavy (non-hydrogen) atoms. The number of rotatable bonds is 2. The van der Waals surface area contributed by atoms with Crippen LogP contribution in [0.15, 0.2) is 6.07 Å². The molecule has 8 heteroatoms. The van der Waals surface area contributed by atoms with Crippen molar-refractivity contribution in [3.63, 3.8) is 0 Å². The average molecular weight is 293 g/mol. The summed E-state index contributed by atoms with van der Waals surface area (Å²) in [6.07, 6.45) is 0. The fraction of sp³-hybridized carbons (Fsp3) is 0.417. The van der Waals surface area contributed by atoms with Crippen LogP contribution in [0.4, 0.5) is 17.6 Å². The quantitative estimate of drug-likeness (QED) is 0.504. The summed E-state index contributed by atoms with van der Waals surface area (Å²) >= 11 is 0. The highest BCUT2D eigenvalue weighted by atomic mass is 19.2. The smallest absolute Gasteiger partial charge is 0.257 e. The molecule has 1 aromatic carbocycles. The Morgan fingerprint density at radius 2 is 2.00 bits per heavy atom. The Bertz CT molecular complexity index is 538. The summed E-state index contributed by atoms with van der Waals surface area (Å²) in [5.74, 6) is -8.44. The standard InChI is InChI=1S/C12H11F4NO3/c13-8-3-7(9(14)11(16)10(8)15)12(19)17-1-2-20-5-6(17)4-18/h3,6,18H,1-2,4-5H2/t6-/m1/s1. The van der Waals surface area contributed by atoms with E-state index < -0.39 is 47.4 Å². The van der Waals surface area contributed by atoms with Gasteiger partial charge in [0.2, 0.25) is 0 Å². The van der Waals surface area contributed by atoms with Crippen molar-refractivity contribution in [3.8, 4) is 0 Å². The number of amides is 1. The Hall–Kier alpha value is -1.67. The molecule has 1 N–H and O–H groups in total. The van der Waals surface area contributed by atoms with Crippen molar-refractivity contribution in [2.75, 3.05) is 26.4 Å². The number of hydrogen-bond donors (Lipinski definition) is 1. The highest BCUT2D eigenvalue weighted by Gasteiger charge is 2.31. The van der Waals surface area contributed by atoms with Crippen LogP contribution in [0, 0.1) is 23.3 Å². The summed E-state index contributed by atoms with van der Waals surface area (Å²) in [5, 5.41) is 9.10. The summed E-state index contributed by atoms with van der Waals surface area (Å²) in [6.45, 7) is -0.240. The first-order valence-corrected chi connectivity index (χ1v) is 5.80. The van der Waals surface area contributed by atoms with Gasteiger partial charge in [-0.15, -0.1) is 0 Å². The number of carbonyl (C=O) groups is 1. The van der Waals surface area contributed by atoms with Crippen LogP contribution >= 0.6 is 0 Å². The molecule has 0 spiro atoms. The Balaban J connectivity index is 2.38. The van der Waals surface area contributed by atoms with E-state index in [0.29, 0.717) is 6.07 Å². The van der Waals surface area contributed by atoms with Crippen molar-refractivity contribution in [3.05, 3.63) is 34.9 Å². The molecule has 1 amide bonds. The van der Waals surface area contributed by atoms with Gasteiger partial charge in [-0.1, -0.05) is 0 Å². The SMILES string of the molecule is O=C(c1cc(F)c(F)c(F)c1F)N1CCOC[C@H]1CO. The molecule has 1 aliphatic rings. The first-order valence-electron chi connectivity index (χ1n) is 5.80. The van der Waals surface area contributed by atoms with Crippen LogP contribution in [0.25, 0.3) is 0 Å². The Kier molecular flexibility index (Phi) is 4.24. The Morgan fingerprint density at radius 3 is 2.65 bits per heavy atom. The van der Waals surface area contributed by atoms with E-state index in [2.05, 4.69) is 0 Å². The molecule has 0 aliphatic carbocycles. The molecule has 0 unspecified atom stereocenters.